The number of morpholine rings is 1. The highest BCUT2D eigenvalue weighted by atomic mass is 35.5. The van der Waals surface area contributed by atoms with E-state index in [2.05, 4.69) is 4.98 Å². The van der Waals surface area contributed by atoms with Crippen LogP contribution in [0.15, 0.2) is 28.7 Å². The van der Waals surface area contributed by atoms with Crippen molar-refractivity contribution in [3.63, 3.8) is 0 Å². The van der Waals surface area contributed by atoms with Gasteiger partial charge in [0.25, 0.3) is 0 Å². The third-order valence-electron chi connectivity index (χ3n) is 4.17. The van der Waals surface area contributed by atoms with Crippen LogP contribution in [0.2, 0.25) is 5.02 Å². The summed E-state index contributed by atoms with van der Waals surface area (Å²) in [5, 5.41) is 0.669. The Morgan fingerprint density at radius 2 is 2.12 bits per heavy atom. The molecule has 24 heavy (non-hydrogen) atoms. The number of halogens is 1. The van der Waals surface area contributed by atoms with Gasteiger partial charge in [0.1, 0.15) is 6.04 Å². The number of rotatable bonds is 4. The van der Waals surface area contributed by atoms with Crippen molar-refractivity contribution < 1.29 is 13.9 Å². The summed E-state index contributed by atoms with van der Waals surface area (Å²) in [4.78, 5) is 18.2. The molecule has 2 aromatic rings. The molecule has 0 aliphatic carbocycles. The Kier molecular flexibility index (Phi) is 4.89. The second-order valence-corrected chi connectivity index (χ2v) is 6.36. The van der Waals surface area contributed by atoms with Crippen LogP contribution in [0.5, 0.6) is 0 Å². The first-order chi connectivity index (χ1) is 11.5. The molecule has 0 radical (unpaired) electrons. The molecule has 1 saturated heterocycles. The number of aromatic nitrogens is 1. The molecule has 0 unspecified atom stereocenters. The average Bonchev–Trinajstić information content (AvgIpc) is 2.88. The van der Waals surface area contributed by atoms with Gasteiger partial charge in [0.05, 0.1) is 24.9 Å². The molecule has 1 aromatic heterocycles. The largest absolute Gasteiger partial charge is 0.439 e. The number of oxazole rings is 1. The second kappa shape index (κ2) is 6.93. The van der Waals surface area contributed by atoms with Crippen molar-refractivity contribution in [3.8, 4) is 11.3 Å². The van der Waals surface area contributed by atoms with Crippen molar-refractivity contribution in [2.75, 3.05) is 13.2 Å². The van der Waals surface area contributed by atoms with Crippen molar-refractivity contribution in [1.82, 2.24) is 9.88 Å². The molecular formula is C17H20ClN3O3. The Morgan fingerprint density at radius 1 is 1.42 bits per heavy atom. The van der Waals surface area contributed by atoms with E-state index in [0.717, 1.165) is 11.3 Å². The van der Waals surface area contributed by atoms with E-state index in [1.165, 1.54) is 0 Å². The lowest BCUT2D eigenvalue weighted by Crippen LogP contribution is -2.56. The number of hydrogen-bond acceptors (Lipinski definition) is 5. The fourth-order valence-corrected chi connectivity index (χ4v) is 3.16. The first-order valence-electron chi connectivity index (χ1n) is 7.83. The van der Waals surface area contributed by atoms with Crippen LogP contribution in [0.25, 0.3) is 11.3 Å². The van der Waals surface area contributed by atoms with Crippen LogP contribution in [-0.4, -0.2) is 41.1 Å². The van der Waals surface area contributed by atoms with Crippen molar-refractivity contribution in [2.24, 2.45) is 5.73 Å². The molecule has 3 rings (SSSR count). The quantitative estimate of drug-likeness (QED) is 0.916. The Hall–Kier alpha value is -1.89. The van der Waals surface area contributed by atoms with E-state index in [-0.39, 0.29) is 6.10 Å². The second-order valence-electron chi connectivity index (χ2n) is 5.92. The summed E-state index contributed by atoms with van der Waals surface area (Å²) in [6.07, 6.45) is -0.247. The lowest BCUT2D eigenvalue weighted by molar-refractivity contribution is -0.136. The van der Waals surface area contributed by atoms with Gasteiger partial charge in [0.15, 0.2) is 5.76 Å². The zero-order valence-corrected chi connectivity index (χ0v) is 14.4. The van der Waals surface area contributed by atoms with Gasteiger partial charge in [-0.1, -0.05) is 11.6 Å². The number of ether oxygens (including phenoxy) is 1. The number of nitrogens with two attached hydrogens (primary N) is 1. The summed E-state index contributed by atoms with van der Waals surface area (Å²) < 4.78 is 11.4. The topological polar surface area (TPSA) is 81.6 Å². The zero-order chi connectivity index (χ0) is 17.3. The molecule has 1 aliphatic heterocycles. The Morgan fingerprint density at radius 3 is 2.79 bits per heavy atom. The average molecular weight is 350 g/mol. The van der Waals surface area contributed by atoms with E-state index >= 15 is 0 Å². The van der Waals surface area contributed by atoms with Gasteiger partial charge in [0, 0.05) is 17.1 Å². The number of nitrogens with zero attached hydrogens (tertiary/aromatic N) is 2. The molecule has 2 atom stereocenters. The molecule has 7 heteroatoms. The van der Waals surface area contributed by atoms with Crippen LogP contribution < -0.4 is 5.73 Å². The number of carbonyl (C=O) groups is 1. The maximum absolute atomic E-state index is 11.7. The van der Waals surface area contributed by atoms with Gasteiger partial charge in [-0.25, -0.2) is 4.98 Å². The van der Waals surface area contributed by atoms with Crippen molar-refractivity contribution in [1.29, 1.82) is 0 Å². The summed E-state index contributed by atoms with van der Waals surface area (Å²) in [5.41, 5.74) is 7.23. The van der Waals surface area contributed by atoms with Gasteiger partial charge < -0.3 is 14.9 Å². The van der Waals surface area contributed by atoms with Gasteiger partial charge in [-0.15, -0.1) is 0 Å². The molecule has 6 nitrogen and oxygen atoms in total. The maximum Gasteiger partial charge on any atom is 0.237 e. The number of carbonyl (C=O) groups excluding carboxylic acids is 1. The number of primary amides is 1. The van der Waals surface area contributed by atoms with Crippen LogP contribution in [0.3, 0.4) is 0 Å². The van der Waals surface area contributed by atoms with E-state index in [0.29, 0.717) is 36.4 Å². The van der Waals surface area contributed by atoms with Crippen LogP contribution in [0, 0.1) is 6.92 Å². The number of hydrogen-bond donors (Lipinski definition) is 1. The van der Waals surface area contributed by atoms with Gasteiger partial charge in [-0.2, -0.15) is 0 Å². The standard InChI is InChI=1S/C17H20ClN3O3/c1-10-16(12-3-5-13(18)6-4-12)24-14(20-10)9-21-7-8-23-11(2)15(21)17(19)22/h3-6,11,15H,7-9H2,1-2H3,(H2,19,22)/t11-,15+/m1/s1. The smallest absolute Gasteiger partial charge is 0.237 e. The summed E-state index contributed by atoms with van der Waals surface area (Å²) in [6.45, 7) is 5.31. The molecule has 0 spiro atoms. The maximum atomic E-state index is 11.7. The minimum Gasteiger partial charge on any atom is -0.439 e. The molecule has 128 valence electrons. The van der Waals surface area contributed by atoms with Crippen LogP contribution in [0.1, 0.15) is 18.5 Å². The zero-order valence-electron chi connectivity index (χ0n) is 13.7. The van der Waals surface area contributed by atoms with E-state index in [1.54, 1.807) is 0 Å². The third kappa shape index (κ3) is 3.45. The first-order valence-corrected chi connectivity index (χ1v) is 8.20. The van der Waals surface area contributed by atoms with Crippen molar-refractivity contribution in [3.05, 3.63) is 40.9 Å². The van der Waals surface area contributed by atoms with E-state index in [1.807, 2.05) is 43.0 Å². The van der Waals surface area contributed by atoms with Crippen molar-refractivity contribution in [2.45, 2.75) is 32.5 Å². The highest BCUT2D eigenvalue weighted by Gasteiger charge is 2.34. The summed E-state index contributed by atoms with van der Waals surface area (Å²) in [7, 11) is 0. The number of aryl methyl sites for hydroxylation is 1. The van der Waals surface area contributed by atoms with Gasteiger partial charge in [-0.3, -0.25) is 9.69 Å². The fourth-order valence-electron chi connectivity index (χ4n) is 3.03. The van der Waals surface area contributed by atoms with Gasteiger partial charge in [0.2, 0.25) is 11.8 Å². The molecule has 2 heterocycles. The lowest BCUT2D eigenvalue weighted by Gasteiger charge is -2.37. The fraction of sp³-hybridized carbons (Fsp3) is 0.412. The van der Waals surface area contributed by atoms with Crippen LogP contribution >= 0.6 is 11.6 Å². The Labute approximate surface area is 145 Å². The summed E-state index contributed by atoms with van der Waals surface area (Å²) >= 11 is 5.92. The van der Waals surface area contributed by atoms with E-state index in [4.69, 9.17) is 26.5 Å². The SMILES string of the molecule is Cc1nc(CN2CCO[C@H](C)[C@H]2C(N)=O)oc1-c1ccc(Cl)cc1. The molecule has 1 amide bonds. The molecule has 1 fully saturated rings. The van der Waals surface area contributed by atoms with Gasteiger partial charge in [-0.05, 0) is 38.1 Å². The predicted octanol–water partition coefficient (Wildman–Crippen LogP) is 2.38. The Balaban J connectivity index is 1.82. The normalized spacial score (nSPS) is 21.8. The lowest BCUT2D eigenvalue weighted by atomic mass is 10.1. The highest BCUT2D eigenvalue weighted by molar-refractivity contribution is 6.30. The molecule has 2 N–H and O–H groups in total. The van der Waals surface area contributed by atoms with Crippen LogP contribution in [-0.2, 0) is 16.1 Å². The monoisotopic (exact) mass is 349 g/mol. The van der Waals surface area contributed by atoms with Crippen molar-refractivity contribution >= 4 is 17.5 Å². The minimum absolute atomic E-state index is 0.247. The minimum atomic E-state index is -0.482. The van der Waals surface area contributed by atoms with E-state index in [9.17, 15) is 4.79 Å². The molecule has 1 aliphatic rings. The molecular weight excluding hydrogens is 330 g/mol. The third-order valence-corrected chi connectivity index (χ3v) is 4.43. The number of amides is 1. The van der Waals surface area contributed by atoms with Crippen LogP contribution in [0.4, 0.5) is 0 Å². The highest BCUT2D eigenvalue weighted by Crippen LogP contribution is 2.27. The molecule has 1 aromatic carbocycles. The summed E-state index contributed by atoms with van der Waals surface area (Å²) in [5.74, 6) is 0.861. The van der Waals surface area contributed by atoms with E-state index < -0.39 is 11.9 Å². The molecule has 0 bridgehead atoms. The molecule has 0 saturated carbocycles. The predicted molar refractivity (Wildman–Crippen MR) is 90.5 cm³/mol. The Bertz CT molecular complexity index is 729. The first kappa shape index (κ1) is 17.0. The number of benzene rings is 1. The summed E-state index contributed by atoms with van der Waals surface area (Å²) in [6, 6.07) is 6.92. The van der Waals surface area contributed by atoms with Gasteiger partial charge >= 0.3 is 0 Å².